The fourth-order valence-electron chi connectivity index (χ4n) is 1.50. The summed E-state index contributed by atoms with van der Waals surface area (Å²) in [5.41, 5.74) is 7.37. The van der Waals surface area contributed by atoms with Crippen LogP contribution >= 0.6 is 15.9 Å². The van der Waals surface area contributed by atoms with Gasteiger partial charge in [-0.25, -0.2) is 0 Å². The minimum atomic E-state index is -0.0684. The molecule has 0 heterocycles. The number of carbonyl (C=O) groups excluding carboxylic acids is 1. The van der Waals surface area contributed by atoms with Gasteiger partial charge in [0.25, 0.3) is 0 Å². The van der Waals surface area contributed by atoms with Gasteiger partial charge >= 0.3 is 0 Å². The van der Waals surface area contributed by atoms with E-state index in [0.29, 0.717) is 6.42 Å². The maximum atomic E-state index is 11.7. The van der Waals surface area contributed by atoms with Crippen molar-refractivity contribution in [2.75, 3.05) is 5.43 Å². The second kappa shape index (κ2) is 6.21. The van der Waals surface area contributed by atoms with Gasteiger partial charge in [0, 0.05) is 4.47 Å². The minimum Gasteiger partial charge on any atom is -0.299 e. The number of rotatable bonds is 4. The lowest BCUT2D eigenvalue weighted by molar-refractivity contribution is -0.119. The van der Waals surface area contributed by atoms with Crippen LogP contribution in [0.2, 0.25) is 0 Å². The highest BCUT2D eigenvalue weighted by atomic mass is 79.9. The highest BCUT2D eigenvalue weighted by Crippen LogP contribution is 2.10. The van der Waals surface area contributed by atoms with Crippen molar-refractivity contribution >= 4 is 27.5 Å². The van der Waals surface area contributed by atoms with E-state index in [4.69, 9.17) is 0 Å². The van der Waals surface area contributed by atoms with Crippen LogP contribution in [-0.4, -0.2) is 5.91 Å². The smallest absolute Gasteiger partial charge is 0.242 e. The summed E-state index contributed by atoms with van der Waals surface area (Å²) >= 11 is 3.36. The van der Waals surface area contributed by atoms with Crippen LogP contribution < -0.4 is 10.9 Å². The van der Waals surface area contributed by atoms with Crippen molar-refractivity contribution in [1.29, 1.82) is 0 Å². The molecule has 0 radical (unpaired) electrons. The first-order chi connectivity index (χ1) is 8.74. The van der Waals surface area contributed by atoms with Gasteiger partial charge in [-0.3, -0.25) is 15.6 Å². The number of carbonyl (C=O) groups is 1. The van der Waals surface area contributed by atoms with E-state index in [9.17, 15) is 4.79 Å². The van der Waals surface area contributed by atoms with Crippen LogP contribution in [0.3, 0.4) is 0 Å². The Hall–Kier alpha value is -1.81. The molecule has 0 aliphatic rings. The van der Waals surface area contributed by atoms with Crippen LogP contribution in [0.1, 0.15) is 5.56 Å². The van der Waals surface area contributed by atoms with Gasteiger partial charge < -0.3 is 0 Å². The Morgan fingerprint density at radius 1 is 1.00 bits per heavy atom. The quantitative estimate of drug-likeness (QED) is 0.852. The van der Waals surface area contributed by atoms with E-state index >= 15 is 0 Å². The van der Waals surface area contributed by atoms with Crippen LogP contribution in [0.5, 0.6) is 0 Å². The zero-order valence-corrected chi connectivity index (χ0v) is 11.3. The maximum Gasteiger partial charge on any atom is 0.242 e. The second-order valence-corrected chi connectivity index (χ2v) is 4.76. The van der Waals surface area contributed by atoms with E-state index in [1.54, 1.807) is 0 Å². The number of hydrazine groups is 1. The van der Waals surface area contributed by atoms with Gasteiger partial charge in [-0.05, 0) is 29.8 Å². The molecule has 2 aromatic carbocycles. The average molecular weight is 305 g/mol. The molecule has 0 aliphatic carbocycles. The molecule has 2 N–H and O–H groups in total. The number of amides is 1. The molecule has 0 unspecified atom stereocenters. The summed E-state index contributed by atoms with van der Waals surface area (Å²) in [4.78, 5) is 11.7. The van der Waals surface area contributed by atoms with Crippen molar-refractivity contribution < 1.29 is 4.79 Å². The normalized spacial score (nSPS) is 9.83. The van der Waals surface area contributed by atoms with Crippen molar-refractivity contribution in [3.63, 3.8) is 0 Å². The molecule has 0 aliphatic heterocycles. The molecule has 4 heteroatoms. The average Bonchev–Trinajstić information content (AvgIpc) is 2.40. The first-order valence-electron chi connectivity index (χ1n) is 5.58. The zero-order valence-electron chi connectivity index (χ0n) is 9.69. The monoisotopic (exact) mass is 304 g/mol. The molecule has 0 spiro atoms. The SMILES string of the molecule is O=C(Cc1ccc(Br)cc1)NNc1ccccc1. The number of para-hydroxylation sites is 1. The van der Waals surface area contributed by atoms with Crippen molar-refractivity contribution in [1.82, 2.24) is 5.43 Å². The van der Waals surface area contributed by atoms with Crippen molar-refractivity contribution in [2.24, 2.45) is 0 Å². The third kappa shape index (κ3) is 3.89. The maximum absolute atomic E-state index is 11.7. The van der Waals surface area contributed by atoms with Crippen molar-refractivity contribution in [2.45, 2.75) is 6.42 Å². The Labute approximate surface area is 114 Å². The highest BCUT2D eigenvalue weighted by molar-refractivity contribution is 9.10. The Balaban J connectivity index is 1.84. The summed E-state index contributed by atoms with van der Waals surface area (Å²) in [5.74, 6) is -0.0684. The largest absolute Gasteiger partial charge is 0.299 e. The third-order valence-electron chi connectivity index (χ3n) is 2.40. The van der Waals surface area contributed by atoms with E-state index in [1.807, 2.05) is 54.6 Å². The molecule has 0 saturated carbocycles. The summed E-state index contributed by atoms with van der Waals surface area (Å²) in [5, 5.41) is 0. The van der Waals surface area contributed by atoms with Gasteiger partial charge in [0.15, 0.2) is 0 Å². The molecular formula is C14H13BrN2O. The summed E-state index contributed by atoms with van der Waals surface area (Å²) in [6.07, 6.45) is 0.354. The molecule has 0 bridgehead atoms. The van der Waals surface area contributed by atoms with Crippen LogP contribution in [0.15, 0.2) is 59.1 Å². The number of hydrogen-bond donors (Lipinski definition) is 2. The van der Waals surface area contributed by atoms with Gasteiger partial charge in [0.1, 0.15) is 0 Å². The third-order valence-corrected chi connectivity index (χ3v) is 2.93. The summed E-state index contributed by atoms with van der Waals surface area (Å²) in [6, 6.07) is 17.2. The number of hydrogen-bond acceptors (Lipinski definition) is 2. The zero-order chi connectivity index (χ0) is 12.8. The second-order valence-electron chi connectivity index (χ2n) is 3.84. The van der Waals surface area contributed by atoms with Gasteiger partial charge in [-0.1, -0.05) is 46.3 Å². The fraction of sp³-hybridized carbons (Fsp3) is 0.0714. The molecule has 0 fully saturated rings. The predicted octanol–water partition coefficient (Wildman–Crippen LogP) is 3.13. The van der Waals surface area contributed by atoms with Gasteiger partial charge in [0.2, 0.25) is 5.91 Å². The van der Waals surface area contributed by atoms with Crippen LogP contribution in [0.4, 0.5) is 5.69 Å². The Morgan fingerprint density at radius 3 is 2.33 bits per heavy atom. The summed E-state index contributed by atoms with van der Waals surface area (Å²) in [6.45, 7) is 0. The fourth-order valence-corrected chi connectivity index (χ4v) is 1.76. The lowest BCUT2D eigenvalue weighted by atomic mass is 10.1. The first-order valence-corrected chi connectivity index (χ1v) is 6.38. The van der Waals surface area contributed by atoms with E-state index in [-0.39, 0.29) is 5.91 Å². The molecule has 2 aromatic rings. The Bertz CT molecular complexity index is 511. The molecule has 0 saturated heterocycles. The molecular weight excluding hydrogens is 292 g/mol. The topological polar surface area (TPSA) is 41.1 Å². The number of anilines is 1. The summed E-state index contributed by atoms with van der Waals surface area (Å²) in [7, 11) is 0. The molecule has 0 atom stereocenters. The van der Waals surface area contributed by atoms with Crippen molar-refractivity contribution in [3.8, 4) is 0 Å². The van der Waals surface area contributed by atoms with Crippen LogP contribution in [0.25, 0.3) is 0 Å². The lowest BCUT2D eigenvalue weighted by Crippen LogP contribution is -2.30. The van der Waals surface area contributed by atoms with Gasteiger partial charge in [0.05, 0.1) is 12.1 Å². The molecule has 3 nitrogen and oxygen atoms in total. The highest BCUT2D eigenvalue weighted by Gasteiger charge is 2.02. The van der Waals surface area contributed by atoms with Gasteiger partial charge in [-0.2, -0.15) is 0 Å². The molecule has 0 aromatic heterocycles. The molecule has 92 valence electrons. The number of benzene rings is 2. The first kappa shape index (κ1) is 12.6. The number of nitrogens with one attached hydrogen (secondary N) is 2. The molecule has 2 rings (SSSR count). The Morgan fingerprint density at radius 2 is 1.67 bits per heavy atom. The minimum absolute atomic E-state index is 0.0684. The Kier molecular flexibility index (Phi) is 4.36. The summed E-state index contributed by atoms with van der Waals surface area (Å²) < 4.78 is 1.01. The van der Waals surface area contributed by atoms with E-state index < -0.39 is 0 Å². The van der Waals surface area contributed by atoms with Crippen LogP contribution in [0, 0.1) is 0 Å². The molecule has 18 heavy (non-hydrogen) atoms. The van der Waals surface area contributed by atoms with Gasteiger partial charge in [-0.15, -0.1) is 0 Å². The van der Waals surface area contributed by atoms with E-state index in [1.165, 1.54) is 0 Å². The lowest BCUT2D eigenvalue weighted by Gasteiger charge is -2.08. The van der Waals surface area contributed by atoms with E-state index in [2.05, 4.69) is 26.8 Å². The van der Waals surface area contributed by atoms with Crippen LogP contribution in [-0.2, 0) is 11.2 Å². The van der Waals surface area contributed by atoms with E-state index in [0.717, 1.165) is 15.7 Å². The molecule has 1 amide bonds. The number of halogens is 1. The van der Waals surface area contributed by atoms with Crippen molar-refractivity contribution in [3.05, 3.63) is 64.6 Å². The standard InChI is InChI=1S/C14H13BrN2O/c15-12-8-6-11(7-9-12)10-14(18)17-16-13-4-2-1-3-5-13/h1-9,16H,10H2,(H,17,18). The predicted molar refractivity (Wildman–Crippen MR) is 76.1 cm³/mol.